The van der Waals surface area contributed by atoms with Crippen LogP contribution in [0.15, 0.2) is 0 Å². The van der Waals surface area contributed by atoms with Crippen LogP contribution in [0.3, 0.4) is 0 Å². The van der Waals surface area contributed by atoms with Gasteiger partial charge in [0, 0.05) is 32.8 Å². The van der Waals surface area contributed by atoms with Crippen molar-refractivity contribution in [3.05, 3.63) is 0 Å². The molecule has 0 aromatic carbocycles. The van der Waals surface area contributed by atoms with E-state index in [1.54, 1.807) is 7.11 Å². The molecule has 1 aliphatic rings. The van der Waals surface area contributed by atoms with Gasteiger partial charge in [-0.2, -0.15) is 0 Å². The molecule has 0 aliphatic carbocycles. The number of rotatable bonds is 7. The third-order valence-corrected chi connectivity index (χ3v) is 3.46. The zero-order valence-corrected chi connectivity index (χ0v) is 12.4. The van der Waals surface area contributed by atoms with Crippen LogP contribution in [0.25, 0.3) is 0 Å². The lowest BCUT2D eigenvalue weighted by molar-refractivity contribution is -0.00118. The van der Waals surface area contributed by atoms with Crippen LogP contribution in [0.4, 0.5) is 0 Å². The number of likely N-dealkylation sites (tertiary alicyclic amines) is 1. The van der Waals surface area contributed by atoms with Crippen LogP contribution >= 0.6 is 0 Å². The summed E-state index contributed by atoms with van der Waals surface area (Å²) < 4.78 is 5.24. The summed E-state index contributed by atoms with van der Waals surface area (Å²) in [7, 11) is 1.77. The van der Waals surface area contributed by atoms with Gasteiger partial charge in [0.25, 0.3) is 0 Å². The SMILES string of the molecule is COCC1CCCN(CC(C)(O)CNC(C)C)C1. The van der Waals surface area contributed by atoms with Gasteiger partial charge in [0.05, 0.1) is 12.2 Å². The minimum atomic E-state index is -0.654. The fraction of sp³-hybridized carbons (Fsp3) is 1.00. The van der Waals surface area contributed by atoms with Crippen molar-refractivity contribution in [3.8, 4) is 0 Å². The van der Waals surface area contributed by atoms with E-state index in [0.717, 1.165) is 26.2 Å². The summed E-state index contributed by atoms with van der Waals surface area (Å²) in [6.07, 6.45) is 2.46. The van der Waals surface area contributed by atoms with Crippen LogP contribution in [0.1, 0.15) is 33.6 Å². The molecule has 2 unspecified atom stereocenters. The van der Waals surface area contributed by atoms with E-state index in [-0.39, 0.29) is 0 Å². The highest BCUT2D eigenvalue weighted by Crippen LogP contribution is 2.18. The monoisotopic (exact) mass is 258 g/mol. The molecule has 18 heavy (non-hydrogen) atoms. The number of ether oxygens (including phenoxy) is 1. The Morgan fingerprint density at radius 3 is 2.83 bits per heavy atom. The zero-order chi connectivity index (χ0) is 13.6. The third kappa shape index (κ3) is 6.14. The molecular formula is C14H30N2O2. The second kappa shape index (κ2) is 7.43. The number of nitrogens with zero attached hydrogens (tertiary/aromatic N) is 1. The van der Waals surface area contributed by atoms with E-state index in [4.69, 9.17) is 4.74 Å². The number of nitrogens with one attached hydrogen (secondary N) is 1. The molecule has 1 aliphatic heterocycles. The average molecular weight is 258 g/mol. The molecule has 1 rings (SSSR count). The molecular weight excluding hydrogens is 228 g/mol. The van der Waals surface area contributed by atoms with E-state index < -0.39 is 5.60 Å². The van der Waals surface area contributed by atoms with Crippen LogP contribution in [-0.2, 0) is 4.74 Å². The molecule has 1 saturated heterocycles. The Hall–Kier alpha value is -0.160. The molecule has 108 valence electrons. The largest absolute Gasteiger partial charge is 0.388 e. The van der Waals surface area contributed by atoms with E-state index in [0.29, 0.717) is 18.5 Å². The summed E-state index contributed by atoms with van der Waals surface area (Å²) in [6, 6.07) is 0.416. The molecule has 0 aromatic rings. The van der Waals surface area contributed by atoms with E-state index in [2.05, 4.69) is 24.1 Å². The lowest BCUT2D eigenvalue weighted by Gasteiger charge is -2.37. The maximum absolute atomic E-state index is 10.4. The number of methoxy groups -OCH3 is 1. The van der Waals surface area contributed by atoms with E-state index in [1.807, 2.05) is 6.92 Å². The topological polar surface area (TPSA) is 44.7 Å². The molecule has 0 amide bonds. The first-order valence-electron chi connectivity index (χ1n) is 7.10. The smallest absolute Gasteiger partial charge is 0.0869 e. The van der Waals surface area contributed by atoms with Gasteiger partial charge < -0.3 is 20.1 Å². The van der Waals surface area contributed by atoms with Gasteiger partial charge in [-0.05, 0) is 32.2 Å². The minimum Gasteiger partial charge on any atom is -0.388 e. The molecule has 0 aromatic heterocycles. The number of aliphatic hydroxyl groups is 1. The molecule has 4 heteroatoms. The van der Waals surface area contributed by atoms with Crippen molar-refractivity contribution >= 4 is 0 Å². The Bertz CT molecular complexity index is 230. The van der Waals surface area contributed by atoms with Crippen molar-refractivity contribution in [1.29, 1.82) is 0 Å². The van der Waals surface area contributed by atoms with Crippen LogP contribution < -0.4 is 5.32 Å². The minimum absolute atomic E-state index is 0.416. The maximum Gasteiger partial charge on any atom is 0.0869 e. The van der Waals surface area contributed by atoms with E-state index in [9.17, 15) is 5.11 Å². The first kappa shape index (κ1) is 15.9. The highest BCUT2D eigenvalue weighted by atomic mass is 16.5. The predicted molar refractivity (Wildman–Crippen MR) is 74.8 cm³/mol. The summed E-state index contributed by atoms with van der Waals surface area (Å²) in [5, 5.41) is 13.7. The highest BCUT2D eigenvalue weighted by molar-refractivity contribution is 4.83. The molecule has 0 spiro atoms. The van der Waals surface area contributed by atoms with Crippen molar-refractivity contribution in [2.24, 2.45) is 5.92 Å². The summed E-state index contributed by atoms with van der Waals surface area (Å²) in [5.41, 5.74) is -0.654. The van der Waals surface area contributed by atoms with Crippen molar-refractivity contribution in [3.63, 3.8) is 0 Å². The van der Waals surface area contributed by atoms with Crippen LogP contribution in [0.2, 0.25) is 0 Å². The molecule has 1 heterocycles. The summed E-state index contributed by atoms with van der Waals surface area (Å²) >= 11 is 0. The van der Waals surface area contributed by atoms with Crippen LogP contribution in [0.5, 0.6) is 0 Å². The van der Waals surface area contributed by atoms with Crippen LogP contribution in [0, 0.1) is 5.92 Å². The summed E-state index contributed by atoms with van der Waals surface area (Å²) in [6.45, 7) is 10.5. The summed E-state index contributed by atoms with van der Waals surface area (Å²) in [4.78, 5) is 2.37. The molecule has 0 saturated carbocycles. The van der Waals surface area contributed by atoms with Gasteiger partial charge in [0.2, 0.25) is 0 Å². The van der Waals surface area contributed by atoms with Gasteiger partial charge in [-0.3, -0.25) is 0 Å². The zero-order valence-electron chi connectivity index (χ0n) is 12.4. The number of β-amino-alcohol motifs (C(OH)–C–C–N with tert-alkyl or cyclic N) is 1. The Morgan fingerprint density at radius 2 is 2.22 bits per heavy atom. The second-order valence-corrected chi connectivity index (χ2v) is 6.23. The quantitative estimate of drug-likeness (QED) is 0.717. The fourth-order valence-electron chi connectivity index (χ4n) is 2.63. The molecule has 1 fully saturated rings. The standard InChI is InChI=1S/C14H30N2O2/c1-12(2)15-10-14(3,17)11-16-7-5-6-13(8-16)9-18-4/h12-13,15,17H,5-11H2,1-4H3. The van der Waals surface area contributed by atoms with Gasteiger partial charge in [0.15, 0.2) is 0 Å². The Kier molecular flexibility index (Phi) is 6.57. The third-order valence-electron chi connectivity index (χ3n) is 3.46. The summed E-state index contributed by atoms with van der Waals surface area (Å²) in [5.74, 6) is 0.623. The van der Waals surface area contributed by atoms with Gasteiger partial charge >= 0.3 is 0 Å². The van der Waals surface area contributed by atoms with Gasteiger partial charge in [-0.15, -0.1) is 0 Å². The first-order chi connectivity index (χ1) is 8.43. The Morgan fingerprint density at radius 1 is 1.50 bits per heavy atom. The van der Waals surface area contributed by atoms with Gasteiger partial charge in [-0.25, -0.2) is 0 Å². The highest BCUT2D eigenvalue weighted by Gasteiger charge is 2.27. The number of hydrogen-bond donors (Lipinski definition) is 2. The fourth-order valence-corrected chi connectivity index (χ4v) is 2.63. The first-order valence-corrected chi connectivity index (χ1v) is 7.10. The predicted octanol–water partition coefficient (Wildman–Crippen LogP) is 1.09. The molecule has 2 N–H and O–H groups in total. The molecule has 0 bridgehead atoms. The van der Waals surface area contributed by atoms with Crippen molar-refractivity contribution in [2.75, 3.05) is 39.9 Å². The van der Waals surface area contributed by atoms with E-state index in [1.165, 1.54) is 12.8 Å². The lowest BCUT2D eigenvalue weighted by atomic mass is 9.97. The average Bonchev–Trinajstić information content (AvgIpc) is 2.27. The maximum atomic E-state index is 10.4. The Labute approximate surface area is 112 Å². The number of hydrogen-bond acceptors (Lipinski definition) is 4. The lowest BCUT2D eigenvalue weighted by Crippen LogP contribution is -2.51. The van der Waals surface area contributed by atoms with Gasteiger partial charge in [0.1, 0.15) is 0 Å². The molecule has 2 atom stereocenters. The van der Waals surface area contributed by atoms with E-state index >= 15 is 0 Å². The van der Waals surface area contributed by atoms with Gasteiger partial charge in [-0.1, -0.05) is 13.8 Å². The normalized spacial score (nSPS) is 25.3. The van der Waals surface area contributed by atoms with Crippen molar-refractivity contribution in [2.45, 2.75) is 45.3 Å². The van der Waals surface area contributed by atoms with Crippen molar-refractivity contribution < 1.29 is 9.84 Å². The molecule has 4 nitrogen and oxygen atoms in total. The second-order valence-electron chi connectivity index (χ2n) is 6.23. The molecule has 0 radical (unpaired) electrons. The van der Waals surface area contributed by atoms with Crippen molar-refractivity contribution in [1.82, 2.24) is 10.2 Å². The van der Waals surface area contributed by atoms with Crippen LogP contribution in [-0.4, -0.2) is 61.5 Å². The number of piperidine rings is 1. The Balaban J connectivity index is 2.35.